The highest BCUT2D eigenvalue weighted by Gasteiger charge is 2.07. The van der Waals surface area contributed by atoms with E-state index in [-0.39, 0.29) is 0 Å². The quantitative estimate of drug-likeness (QED) is 0.523. The summed E-state index contributed by atoms with van der Waals surface area (Å²) in [5.74, 6) is 1.65. The molecule has 0 spiro atoms. The number of benzene rings is 2. The zero-order valence-corrected chi connectivity index (χ0v) is 15.0. The van der Waals surface area contributed by atoms with Gasteiger partial charge in [-0.05, 0) is 54.8 Å². The number of aromatic nitrogens is 3. The molecule has 26 heavy (non-hydrogen) atoms. The molecule has 134 valence electrons. The SMILES string of the molecule is COc1ccc(/C=N/Nn2cncn2)cc1COc1cccc(C)c1C. The van der Waals surface area contributed by atoms with Crippen LogP contribution in [0.2, 0.25) is 0 Å². The fraction of sp³-hybridized carbons (Fsp3) is 0.211. The van der Waals surface area contributed by atoms with Crippen molar-refractivity contribution in [2.45, 2.75) is 20.5 Å². The molecule has 2 aromatic carbocycles. The molecule has 1 heterocycles. The Balaban J connectivity index is 1.72. The van der Waals surface area contributed by atoms with Crippen LogP contribution in [-0.4, -0.2) is 28.2 Å². The maximum absolute atomic E-state index is 6.00. The topological polar surface area (TPSA) is 73.6 Å². The summed E-state index contributed by atoms with van der Waals surface area (Å²) in [6, 6.07) is 11.8. The molecular weight excluding hydrogens is 330 g/mol. The number of nitrogens with one attached hydrogen (secondary N) is 1. The van der Waals surface area contributed by atoms with E-state index < -0.39 is 0 Å². The van der Waals surface area contributed by atoms with Gasteiger partial charge in [0.05, 0.1) is 13.3 Å². The summed E-state index contributed by atoms with van der Waals surface area (Å²) in [7, 11) is 1.65. The van der Waals surface area contributed by atoms with Crippen LogP contribution in [0.3, 0.4) is 0 Å². The van der Waals surface area contributed by atoms with E-state index in [9.17, 15) is 0 Å². The zero-order valence-electron chi connectivity index (χ0n) is 15.0. The number of hydrogen-bond acceptors (Lipinski definition) is 6. The van der Waals surface area contributed by atoms with Crippen LogP contribution >= 0.6 is 0 Å². The molecule has 0 aliphatic rings. The summed E-state index contributed by atoms with van der Waals surface area (Å²) >= 11 is 0. The van der Waals surface area contributed by atoms with Crippen LogP contribution < -0.4 is 15.0 Å². The Morgan fingerprint density at radius 2 is 2.08 bits per heavy atom. The summed E-state index contributed by atoms with van der Waals surface area (Å²) < 4.78 is 11.4. The molecule has 0 saturated heterocycles. The van der Waals surface area contributed by atoms with Gasteiger partial charge in [0, 0.05) is 5.56 Å². The lowest BCUT2D eigenvalue weighted by atomic mass is 10.1. The second kappa shape index (κ2) is 8.15. The Morgan fingerprint density at radius 1 is 1.19 bits per heavy atom. The van der Waals surface area contributed by atoms with Crippen molar-refractivity contribution < 1.29 is 9.47 Å². The van der Waals surface area contributed by atoms with Crippen LogP contribution in [0.5, 0.6) is 11.5 Å². The van der Waals surface area contributed by atoms with Crippen molar-refractivity contribution in [3.05, 3.63) is 71.3 Å². The Morgan fingerprint density at radius 3 is 2.85 bits per heavy atom. The van der Waals surface area contributed by atoms with E-state index in [0.717, 1.165) is 28.2 Å². The lowest BCUT2D eigenvalue weighted by molar-refractivity contribution is 0.294. The molecule has 0 radical (unpaired) electrons. The normalized spacial score (nSPS) is 10.9. The highest BCUT2D eigenvalue weighted by atomic mass is 16.5. The van der Waals surface area contributed by atoms with Gasteiger partial charge in [-0.1, -0.05) is 12.1 Å². The van der Waals surface area contributed by atoms with Crippen LogP contribution in [0.15, 0.2) is 54.2 Å². The van der Waals surface area contributed by atoms with Crippen molar-refractivity contribution >= 4 is 6.21 Å². The minimum absolute atomic E-state index is 0.408. The number of nitrogens with zero attached hydrogens (tertiary/aromatic N) is 4. The Bertz CT molecular complexity index is 891. The van der Waals surface area contributed by atoms with Gasteiger partial charge in [0.25, 0.3) is 0 Å². The molecule has 1 aromatic heterocycles. The van der Waals surface area contributed by atoms with Crippen molar-refractivity contribution in [1.82, 2.24) is 14.9 Å². The number of rotatable bonds is 7. The minimum atomic E-state index is 0.408. The molecule has 7 heteroatoms. The Kier molecular flexibility index (Phi) is 5.48. The molecule has 1 N–H and O–H groups in total. The smallest absolute Gasteiger partial charge is 0.139 e. The van der Waals surface area contributed by atoms with Crippen LogP contribution in [0.4, 0.5) is 0 Å². The summed E-state index contributed by atoms with van der Waals surface area (Å²) in [5, 5.41) is 8.04. The van der Waals surface area contributed by atoms with Gasteiger partial charge in [0.2, 0.25) is 0 Å². The lowest BCUT2D eigenvalue weighted by Gasteiger charge is -2.13. The molecule has 3 aromatic rings. The standard InChI is InChI=1S/C19H21N5O2/c1-14-5-4-6-18(15(14)2)26-11-17-9-16(7-8-19(17)25-3)10-21-23-24-13-20-12-22-24/h4-10,12-13,23H,11H2,1-3H3/b21-10+. The maximum Gasteiger partial charge on any atom is 0.139 e. The molecule has 3 rings (SSSR count). The molecule has 0 aliphatic heterocycles. The maximum atomic E-state index is 6.00. The van der Waals surface area contributed by atoms with E-state index in [2.05, 4.69) is 40.6 Å². The largest absolute Gasteiger partial charge is 0.496 e. The molecule has 0 fully saturated rings. The zero-order chi connectivity index (χ0) is 18.4. The van der Waals surface area contributed by atoms with E-state index in [4.69, 9.17) is 9.47 Å². The first-order valence-corrected chi connectivity index (χ1v) is 8.17. The third kappa shape index (κ3) is 4.18. The van der Waals surface area contributed by atoms with Gasteiger partial charge in [-0.2, -0.15) is 10.6 Å². The Labute approximate surface area is 152 Å². The van der Waals surface area contributed by atoms with Crippen LogP contribution in [0, 0.1) is 13.8 Å². The molecule has 0 bridgehead atoms. The number of ether oxygens (including phenoxy) is 2. The predicted octanol–water partition coefficient (Wildman–Crippen LogP) is 3.06. The number of methoxy groups -OCH3 is 1. The molecule has 0 unspecified atom stereocenters. The lowest BCUT2D eigenvalue weighted by Crippen LogP contribution is -2.08. The van der Waals surface area contributed by atoms with Gasteiger partial charge in [0.15, 0.2) is 0 Å². The van der Waals surface area contributed by atoms with Gasteiger partial charge in [-0.15, -0.1) is 9.89 Å². The molecule has 0 atom stereocenters. The summed E-state index contributed by atoms with van der Waals surface area (Å²) in [4.78, 5) is 5.24. The summed E-state index contributed by atoms with van der Waals surface area (Å²) in [6.07, 6.45) is 4.65. The fourth-order valence-corrected chi connectivity index (χ4v) is 2.45. The van der Waals surface area contributed by atoms with Gasteiger partial charge in [-0.3, -0.25) is 0 Å². The second-order valence-corrected chi connectivity index (χ2v) is 5.76. The molecule has 0 saturated carbocycles. The van der Waals surface area contributed by atoms with E-state index in [1.54, 1.807) is 13.3 Å². The Hall–Kier alpha value is -3.35. The molecule has 7 nitrogen and oxygen atoms in total. The van der Waals surface area contributed by atoms with Gasteiger partial charge < -0.3 is 9.47 Å². The monoisotopic (exact) mass is 351 g/mol. The summed E-state index contributed by atoms with van der Waals surface area (Å²) in [5.41, 5.74) is 6.94. The fourth-order valence-electron chi connectivity index (χ4n) is 2.45. The van der Waals surface area contributed by atoms with Crippen molar-refractivity contribution in [3.8, 4) is 11.5 Å². The van der Waals surface area contributed by atoms with Gasteiger partial charge in [0.1, 0.15) is 30.8 Å². The number of aryl methyl sites for hydroxylation is 1. The minimum Gasteiger partial charge on any atom is -0.496 e. The highest BCUT2D eigenvalue weighted by Crippen LogP contribution is 2.25. The molecular formula is C19H21N5O2. The van der Waals surface area contributed by atoms with E-state index in [1.165, 1.54) is 23.0 Å². The number of hydrogen-bond donors (Lipinski definition) is 1. The van der Waals surface area contributed by atoms with Crippen LogP contribution in [0.1, 0.15) is 22.3 Å². The van der Waals surface area contributed by atoms with Gasteiger partial charge in [-0.25, -0.2) is 4.98 Å². The van der Waals surface area contributed by atoms with E-state index in [0.29, 0.717) is 6.61 Å². The van der Waals surface area contributed by atoms with Crippen molar-refractivity contribution in [2.24, 2.45) is 5.10 Å². The third-order valence-electron chi connectivity index (χ3n) is 4.04. The number of hydrazone groups is 1. The van der Waals surface area contributed by atoms with E-state index >= 15 is 0 Å². The van der Waals surface area contributed by atoms with Crippen LogP contribution in [-0.2, 0) is 6.61 Å². The first-order valence-electron chi connectivity index (χ1n) is 8.17. The first kappa shape index (κ1) is 17.5. The predicted molar refractivity (Wildman–Crippen MR) is 100 cm³/mol. The first-order chi connectivity index (χ1) is 12.7. The summed E-state index contributed by atoms with van der Waals surface area (Å²) in [6.45, 7) is 4.54. The third-order valence-corrected chi connectivity index (χ3v) is 4.04. The second-order valence-electron chi connectivity index (χ2n) is 5.76. The average Bonchev–Trinajstić information content (AvgIpc) is 3.16. The van der Waals surface area contributed by atoms with Crippen molar-refractivity contribution in [3.63, 3.8) is 0 Å². The average molecular weight is 351 g/mol. The highest BCUT2D eigenvalue weighted by molar-refractivity contribution is 5.80. The van der Waals surface area contributed by atoms with Gasteiger partial charge >= 0.3 is 0 Å². The van der Waals surface area contributed by atoms with Crippen LogP contribution in [0.25, 0.3) is 0 Å². The molecule has 0 amide bonds. The van der Waals surface area contributed by atoms with Crippen molar-refractivity contribution in [1.29, 1.82) is 0 Å². The van der Waals surface area contributed by atoms with Crippen molar-refractivity contribution in [2.75, 3.05) is 12.6 Å². The molecule has 0 aliphatic carbocycles. The van der Waals surface area contributed by atoms with E-state index in [1.807, 2.05) is 30.3 Å².